The molecule has 3 heteroatoms. The second kappa shape index (κ2) is 7.79. The average molecular weight is 393 g/mol. The maximum Gasteiger partial charge on any atom is 0.194 e. The van der Waals surface area contributed by atoms with E-state index in [1.807, 2.05) is 24.3 Å². The summed E-state index contributed by atoms with van der Waals surface area (Å²) in [4.78, 5) is 12.7. The maximum atomic E-state index is 12.7. The number of benzene rings is 2. The number of ketones is 1. The van der Waals surface area contributed by atoms with Crippen LogP contribution in [-0.2, 0) is 6.42 Å². The van der Waals surface area contributed by atoms with Crippen LogP contribution in [0.2, 0.25) is 10.0 Å². The van der Waals surface area contributed by atoms with Crippen LogP contribution in [0, 0.1) is 11.8 Å². The van der Waals surface area contributed by atoms with E-state index in [1.54, 1.807) is 18.2 Å². The van der Waals surface area contributed by atoms with Crippen molar-refractivity contribution < 1.29 is 4.79 Å². The second-order valence-electron chi connectivity index (χ2n) is 7.19. The predicted octanol–water partition coefficient (Wildman–Crippen LogP) is 6.59. The van der Waals surface area contributed by atoms with E-state index in [0.717, 1.165) is 19.3 Å². The predicted molar refractivity (Wildman–Crippen MR) is 109 cm³/mol. The fraction of sp³-hybridized carbons (Fsp3) is 0.250. The molecule has 0 bridgehead atoms. The Hall–Kier alpha value is -2.23. The summed E-state index contributed by atoms with van der Waals surface area (Å²) in [5.74, 6) is 1.01. The Morgan fingerprint density at radius 3 is 2.70 bits per heavy atom. The lowest BCUT2D eigenvalue weighted by molar-refractivity contribution is 0.103. The number of carbonyl (C=O) groups excluding carboxylic acids is 1. The van der Waals surface area contributed by atoms with E-state index in [2.05, 4.69) is 23.3 Å². The number of hydrogen-bond acceptors (Lipinski definition) is 1. The number of allylic oxidation sites excluding steroid dienone is 2. The maximum absolute atomic E-state index is 12.7. The van der Waals surface area contributed by atoms with E-state index in [0.29, 0.717) is 33.0 Å². The van der Waals surface area contributed by atoms with Gasteiger partial charge in [0.15, 0.2) is 5.78 Å². The Bertz CT molecular complexity index is 1030. The number of carbonyl (C=O) groups is 1. The summed E-state index contributed by atoms with van der Waals surface area (Å²) < 4.78 is 0. The molecular weight excluding hydrogens is 375 g/mol. The van der Waals surface area contributed by atoms with Crippen LogP contribution in [0.1, 0.15) is 40.7 Å². The molecule has 0 saturated heterocycles. The summed E-state index contributed by atoms with van der Waals surface area (Å²) in [6.45, 7) is 0. The van der Waals surface area contributed by atoms with Gasteiger partial charge >= 0.3 is 0 Å². The first-order valence-electron chi connectivity index (χ1n) is 9.14. The number of fused-ring (bicyclic) bond motifs is 1. The number of rotatable bonds is 4. The molecule has 27 heavy (non-hydrogen) atoms. The van der Waals surface area contributed by atoms with Gasteiger partial charge in [-0.2, -0.15) is 0 Å². The van der Waals surface area contributed by atoms with Crippen LogP contribution >= 0.6 is 23.2 Å². The molecule has 0 amide bonds. The first-order valence-corrected chi connectivity index (χ1v) is 9.90. The van der Waals surface area contributed by atoms with Crippen LogP contribution in [0.4, 0.5) is 0 Å². The largest absolute Gasteiger partial charge is 0.289 e. The molecule has 2 aliphatic rings. The lowest BCUT2D eigenvalue weighted by atomic mass is 9.76. The van der Waals surface area contributed by atoms with E-state index in [-0.39, 0.29) is 5.78 Å². The van der Waals surface area contributed by atoms with Gasteiger partial charge < -0.3 is 0 Å². The van der Waals surface area contributed by atoms with Gasteiger partial charge in [0.25, 0.3) is 0 Å². The fourth-order valence-electron chi connectivity index (χ4n) is 3.87. The normalized spacial score (nSPS) is 20.3. The zero-order chi connectivity index (χ0) is 18.8. The van der Waals surface area contributed by atoms with Crippen molar-refractivity contribution in [2.24, 2.45) is 11.8 Å². The van der Waals surface area contributed by atoms with Crippen LogP contribution in [0.3, 0.4) is 0 Å². The molecule has 4 rings (SSSR count). The van der Waals surface area contributed by atoms with Crippen LogP contribution in [0.15, 0.2) is 71.3 Å². The molecule has 2 aliphatic carbocycles. The van der Waals surface area contributed by atoms with E-state index in [1.165, 1.54) is 17.6 Å². The summed E-state index contributed by atoms with van der Waals surface area (Å²) in [6, 6.07) is 12.8. The smallest absolute Gasteiger partial charge is 0.194 e. The molecule has 2 atom stereocenters. The lowest BCUT2D eigenvalue weighted by Gasteiger charge is -2.28. The molecule has 0 spiro atoms. The van der Waals surface area contributed by atoms with Gasteiger partial charge in [0, 0.05) is 22.1 Å². The minimum atomic E-state index is -0.106. The molecule has 1 fully saturated rings. The third-order valence-electron chi connectivity index (χ3n) is 5.34. The van der Waals surface area contributed by atoms with Crippen LogP contribution in [-0.4, -0.2) is 5.78 Å². The van der Waals surface area contributed by atoms with E-state index in [9.17, 15) is 4.79 Å². The van der Waals surface area contributed by atoms with Crippen molar-refractivity contribution in [3.63, 3.8) is 0 Å². The van der Waals surface area contributed by atoms with Crippen molar-refractivity contribution in [1.29, 1.82) is 0 Å². The van der Waals surface area contributed by atoms with Gasteiger partial charge in [-0.05, 0) is 72.7 Å². The SMILES string of the molecule is O=C(c1ccc(CC2CCC3C=C=C=C=C3C2)cc1)c1cc(Cl)ccc1Cl. The van der Waals surface area contributed by atoms with Crippen molar-refractivity contribution in [3.05, 3.63) is 98.0 Å². The van der Waals surface area contributed by atoms with Gasteiger partial charge in [0.05, 0.1) is 5.02 Å². The summed E-state index contributed by atoms with van der Waals surface area (Å²) in [5, 5.41) is 0.924. The topological polar surface area (TPSA) is 17.1 Å². The van der Waals surface area contributed by atoms with E-state index >= 15 is 0 Å². The van der Waals surface area contributed by atoms with Crippen molar-refractivity contribution in [1.82, 2.24) is 0 Å². The Kier molecular flexibility index (Phi) is 5.24. The summed E-state index contributed by atoms with van der Waals surface area (Å²) in [5.41, 5.74) is 12.9. The van der Waals surface area contributed by atoms with Crippen molar-refractivity contribution >= 4 is 29.0 Å². The Morgan fingerprint density at radius 2 is 1.89 bits per heavy atom. The molecule has 0 N–H and O–H groups in total. The molecule has 2 aromatic rings. The highest BCUT2D eigenvalue weighted by atomic mass is 35.5. The van der Waals surface area contributed by atoms with Crippen molar-refractivity contribution in [2.75, 3.05) is 0 Å². The first-order chi connectivity index (χ1) is 13.1. The summed E-state index contributed by atoms with van der Waals surface area (Å²) in [6.07, 6.45) is 6.55. The molecule has 0 radical (unpaired) electrons. The molecule has 2 unspecified atom stereocenters. The lowest BCUT2D eigenvalue weighted by Crippen LogP contribution is -2.17. The minimum Gasteiger partial charge on any atom is -0.289 e. The molecule has 1 saturated carbocycles. The Balaban J connectivity index is 1.46. The average Bonchev–Trinajstić information content (AvgIpc) is 2.70. The molecule has 1 nitrogen and oxygen atoms in total. The minimum absolute atomic E-state index is 0.106. The van der Waals surface area contributed by atoms with E-state index in [4.69, 9.17) is 23.2 Å². The number of halogens is 2. The van der Waals surface area contributed by atoms with Crippen LogP contribution < -0.4 is 0 Å². The fourth-order valence-corrected chi connectivity index (χ4v) is 4.24. The van der Waals surface area contributed by atoms with Crippen molar-refractivity contribution in [2.45, 2.75) is 25.7 Å². The zero-order valence-electron chi connectivity index (χ0n) is 14.8. The molecule has 134 valence electrons. The van der Waals surface area contributed by atoms with Crippen molar-refractivity contribution in [3.8, 4) is 0 Å². The zero-order valence-corrected chi connectivity index (χ0v) is 16.3. The van der Waals surface area contributed by atoms with Crippen LogP contribution in [0.25, 0.3) is 0 Å². The second-order valence-corrected chi connectivity index (χ2v) is 8.04. The molecule has 2 aromatic carbocycles. The Labute approximate surface area is 169 Å². The van der Waals surface area contributed by atoms with Gasteiger partial charge in [0.2, 0.25) is 0 Å². The van der Waals surface area contributed by atoms with Crippen LogP contribution in [0.5, 0.6) is 0 Å². The monoisotopic (exact) mass is 392 g/mol. The van der Waals surface area contributed by atoms with Gasteiger partial charge in [-0.3, -0.25) is 4.79 Å². The standard InChI is InChI=1S/C24H18Cl2O/c25-21-11-12-23(26)22(15-21)24(27)19-9-5-16(6-10-19)13-17-7-8-18-3-1-2-4-20(18)14-17/h3,5-6,9-12,15,17-18H,7-8,13-14H2. The molecule has 0 aliphatic heterocycles. The highest BCUT2D eigenvalue weighted by molar-refractivity contribution is 6.36. The molecule has 0 heterocycles. The van der Waals surface area contributed by atoms with E-state index < -0.39 is 0 Å². The first kappa shape index (κ1) is 18.1. The third-order valence-corrected chi connectivity index (χ3v) is 5.90. The van der Waals surface area contributed by atoms with Gasteiger partial charge in [0.1, 0.15) is 0 Å². The third kappa shape index (κ3) is 4.05. The number of hydrogen-bond donors (Lipinski definition) is 0. The summed E-state index contributed by atoms with van der Waals surface area (Å²) >= 11 is 12.2. The highest BCUT2D eigenvalue weighted by Gasteiger charge is 2.25. The molecular formula is C24H18Cl2O. The van der Waals surface area contributed by atoms with Gasteiger partial charge in [-0.15, -0.1) is 0 Å². The Morgan fingerprint density at radius 1 is 1.07 bits per heavy atom. The summed E-state index contributed by atoms with van der Waals surface area (Å²) in [7, 11) is 0. The molecule has 0 aromatic heterocycles. The van der Waals surface area contributed by atoms with Gasteiger partial charge in [-0.25, -0.2) is 0 Å². The quantitative estimate of drug-likeness (QED) is 0.423. The highest BCUT2D eigenvalue weighted by Crippen LogP contribution is 2.36. The van der Waals surface area contributed by atoms with Gasteiger partial charge in [-0.1, -0.05) is 58.9 Å².